The fourth-order valence-corrected chi connectivity index (χ4v) is 1.59. The van der Waals surface area contributed by atoms with Crippen LogP contribution in [0.3, 0.4) is 0 Å². The Morgan fingerprint density at radius 3 is 2.90 bits per heavy atom. The van der Waals surface area contributed by atoms with Crippen molar-refractivity contribution >= 4 is 17.4 Å². The number of nitrogens with zero attached hydrogens (tertiary/aromatic N) is 2. The lowest BCUT2D eigenvalue weighted by molar-refractivity contribution is -0.385. The van der Waals surface area contributed by atoms with E-state index >= 15 is 0 Å². The number of anilines is 1. The lowest BCUT2D eigenvalue weighted by atomic mass is 10.2. The molecule has 8 nitrogen and oxygen atoms in total. The zero-order valence-corrected chi connectivity index (χ0v) is 11.3. The molecule has 0 atom stereocenters. The first-order valence-electron chi connectivity index (χ1n) is 6.23. The van der Waals surface area contributed by atoms with Gasteiger partial charge in [0.25, 0.3) is 11.6 Å². The van der Waals surface area contributed by atoms with E-state index in [4.69, 9.17) is 10.5 Å². The second-order valence-corrected chi connectivity index (χ2v) is 4.19. The molecule has 1 aromatic heterocycles. The Bertz CT molecular complexity index is 479. The summed E-state index contributed by atoms with van der Waals surface area (Å²) in [4.78, 5) is 25.5. The third kappa shape index (κ3) is 4.81. The largest absolute Gasteiger partial charge is 0.385 e. The van der Waals surface area contributed by atoms with E-state index in [1.54, 1.807) is 7.11 Å². The molecule has 0 radical (unpaired) electrons. The lowest BCUT2D eigenvalue weighted by Crippen LogP contribution is -2.25. The zero-order valence-electron chi connectivity index (χ0n) is 11.3. The molecule has 0 unspecified atom stereocenters. The molecule has 0 bridgehead atoms. The van der Waals surface area contributed by atoms with Gasteiger partial charge in [0.2, 0.25) is 0 Å². The van der Waals surface area contributed by atoms with Gasteiger partial charge in [-0.05, 0) is 19.3 Å². The fourth-order valence-electron chi connectivity index (χ4n) is 1.59. The molecule has 0 aromatic carbocycles. The molecule has 1 aromatic rings. The minimum Gasteiger partial charge on any atom is -0.385 e. The van der Waals surface area contributed by atoms with E-state index in [-0.39, 0.29) is 17.1 Å². The number of nitrogen functional groups attached to an aromatic ring is 1. The van der Waals surface area contributed by atoms with Crippen LogP contribution in [0, 0.1) is 10.1 Å². The molecule has 0 aliphatic carbocycles. The number of nitro groups is 1. The molecule has 1 amide bonds. The number of ether oxygens (including phenoxy) is 1. The van der Waals surface area contributed by atoms with Gasteiger partial charge in [-0.15, -0.1) is 0 Å². The first-order chi connectivity index (χ1) is 9.56. The van der Waals surface area contributed by atoms with Crippen LogP contribution in [0.15, 0.2) is 12.3 Å². The molecular formula is C12H18N4O4. The van der Waals surface area contributed by atoms with Crippen LogP contribution in [0.1, 0.15) is 29.6 Å². The summed E-state index contributed by atoms with van der Waals surface area (Å²) in [5, 5.41) is 13.3. The maximum absolute atomic E-state index is 11.9. The molecule has 0 aliphatic heterocycles. The quantitative estimate of drug-likeness (QED) is 0.418. The normalized spacial score (nSPS) is 10.2. The number of methoxy groups -OCH3 is 1. The minimum absolute atomic E-state index is 0.0208. The van der Waals surface area contributed by atoms with Crippen LogP contribution < -0.4 is 11.1 Å². The zero-order chi connectivity index (χ0) is 15.0. The maximum atomic E-state index is 11.9. The SMILES string of the molecule is COCCCCCNC(=O)c1cc([N+](=O)[O-])cnc1N. The second-order valence-electron chi connectivity index (χ2n) is 4.19. The highest BCUT2D eigenvalue weighted by Gasteiger charge is 2.16. The van der Waals surface area contributed by atoms with E-state index in [1.807, 2.05) is 0 Å². The van der Waals surface area contributed by atoms with Crippen LogP contribution in [-0.4, -0.2) is 36.1 Å². The average Bonchev–Trinajstić information content (AvgIpc) is 2.42. The molecule has 1 rings (SSSR count). The number of unbranched alkanes of at least 4 members (excludes halogenated alkanes) is 2. The second kappa shape index (κ2) is 8.05. The van der Waals surface area contributed by atoms with Crippen LogP contribution in [-0.2, 0) is 4.74 Å². The number of nitrogens with one attached hydrogen (secondary N) is 1. The number of pyridine rings is 1. The van der Waals surface area contributed by atoms with Crippen molar-refractivity contribution in [3.8, 4) is 0 Å². The van der Waals surface area contributed by atoms with E-state index in [0.29, 0.717) is 13.2 Å². The number of amides is 1. The summed E-state index contributed by atoms with van der Waals surface area (Å²) < 4.78 is 4.91. The molecule has 110 valence electrons. The highest BCUT2D eigenvalue weighted by molar-refractivity contribution is 5.98. The van der Waals surface area contributed by atoms with Crippen molar-refractivity contribution in [3.63, 3.8) is 0 Å². The van der Waals surface area contributed by atoms with E-state index in [2.05, 4.69) is 10.3 Å². The smallest absolute Gasteiger partial charge is 0.288 e. The van der Waals surface area contributed by atoms with Gasteiger partial charge in [0.1, 0.15) is 12.0 Å². The molecule has 0 saturated carbocycles. The van der Waals surface area contributed by atoms with Crippen LogP contribution in [0.2, 0.25) is 0 Å². The Morgan fingerprint density at radius 1 is 1.50 bits per heavy atom. The van der Waals surface area contributed by atoms with Crippen LogP contribution in [0.5, 0.6) is 0 Å². The van der Waals surface area contributed by atoms with Crippen molar-refractivity contribution in [2.24, 2.45) is 0 Å². The first-order valence-corrected chi connectivity index (χ1v) is 6.23. The van der Waals surface area contributed by atoms with E-state index in [1.165, 1.54) is 0 Å². The number of aromatic nitrogens is 1. The number of carbonyl (C=O) groups excluding carboxylic acids is 1. The summed E-state index contributed by atoms with van der Waals surface area (Å²) in [5.41, 5.74) is 5.31. The predicted octanol–water partition coefficient (Wildman–Crippen LogP) is 1.12. The number of nitrogens with two attached hydrogens (primary N) is 1. The number of hydrogen-bond donors (Lipinski definition) is 2. The maximum Gasteiger partial charge on any atom is 0.288 e. The van der Waals surface area contributed by atoms with Gasteiger partial charge in [-0.25, -0.2) is 4.98 Å². The van der Waals surface area contributed by atoms with Gasteiger partial charge in [0, 0.05) is 26.3 Å². The van der Waals surface area contributed by atoms with E-state index in [0.717, 1.165) is 31.5 Å². The molecule has 3 N–H and O–H groups in total. The molecular weight excluding hydrogens is 264 g/mol. The molecule has 0 fully saturated rings. The van der Waals surface area contributed by atoms with Gasteiger partial charge in [0.05, 0.1) is 10.5 Å². The Balaban J connectivity index is 2.50. The van der Waals surface area contributed by atoms with Gasteiger partial charge in [-0.3, -0.25) is 14.9 Å². The van der Waals surface area contributed by atoms with Crippen LogP contribution in [0.4, 0.5) is 11.5 Å². The van der Waals surface area contributed by atoms with Crippen molar-refractivity contribution < 1.29 is 14.5 Å². The highest BCUT2D eigenvalue weighted by Crippen LogP contribution is 2.16. The molecule has 8 heteroatoms. The third-order valence-electron chi connectivity index (χ3n) is 2.67. The Morgan fingerprint density at radius 2 is 2.25 bits per heavy atom. The summed E-state index contributed by atoms with van der Waals surface area (Å²) in [6.07, 6.45) is 3.68. The van der Waals surface area contributed by atoms with Gasteiger partial charge in [0.15, 0.2) is 0 Å². The monoisotopic (exact) mass is 282 g/mol. The van der Waals surface area contributed by atoms with Gasteiger partial charge in [-0.1, -0.05) is 0 Å². The molecule has 1 heterocycles. The van der Waals surface area contributed by atoms with Crippen molar-refractivity contribution in [1.29, 1.82) is 0 Å². The standard InChI is InChI=1S/C12H18N4O4/c1-20-6-4-2-3-5-14-12(17)10-7-9(16(18)19)8-15-11(10)13/h7-8H,2-6H2,1H3,(H2,13,15)(H,14,17). The van der Waals surface area contributed by atoms with E-state index < -0.39 is 10.8 Å². The van der Waals surface area contributed by atoms with Crippen LogP contribution in [0.25, 0.3) is 0 Å². The Hall–Kier alpha value is -2.22. The summed E-state index contributed by atoms with van der Waals surface area (Å²) in [6.45, 7) is 1.17. The summed E-state index contributed by atoms with van der Waals surface area (Å²) >= 11 is 0. The van der Waals surface area contributed by atoms with Crippen molar-refractivity contribution in [1.82, 2.24) is 10.3 Å². The summed E-state index contributed by atoms with van der Waals surface area (Å²) in [5.74, 6) is -0.474. The molecule has 20 heavy (non-hydrogen) atoms. The summed E-state index contributed by atoms with van der Waals surface area (Å²) in [7, 11) is 1.64. The Kier molecular flexibility index (Phi) is 6.38. The van der Waals surface area contributed by atoms with Gasteiger partial charge >= 0.3 is 0 Å². The molecule has 0 saturated heterocycles. The molecule has 0 aliphatic rings. The van der Waals surface area contributed by atoms with E-state index in [9.17, 15) is 14.9 Å². The fraction of sp³-hybridized carbons (Fsp3) is 0.500. The predicted molar refractivity (Wildman–Crippen MR) is 73.4 cm³/mol. The van der Waals surface area contributed by atoms with Gasteiger partial charge < -0.3 is 15.8 Å². The number of hydrogen-bond acceptors (Lipinski definition) is 6. The van der Waals surface area contributed by atoms with Crippen molar-refractivity contribution in [2.75, 3.05) is 26.0 Å². The number of rotatable bonds is 8. The van der Waals surface area contributed by atoms with Crippen molar-refractivity contribution in [2.45, 2.75) is 19.3 Å². The third-order valence-corrected chi connectivity index (χ3v) is 2.67. The van der Waals surface area contributed by atoms with Crippen molar-refractivity contribution in [3.05, 3.63) is 27.9 Å². The minimum atomic E-state index is -0.617. The Labute approximate surface area is 116 Å². The van der Waals surface area contributed by atoms with Gasteiger partial charge in [-0.2, -0.15) is 0 Å². The average molecular weight is 282 g/mol. The lowest BCUT2D eigenvalue weighted by Gasteiger charge is -2.06. The highest BCUT2D eigenvalue weighted by atomic mass is 16.6. The first kappa shape index (κ1) is 15.8. The van der Waals surface area contributed by atoms with Crippen LogP contribution >= 0.6 is 0 Å². The topological polar surface area (TPSA) is 120 Å². The number of carbonyl (C=O) groups is 1. The molecule has 0 spiro atoms. The summed E-state index contributed by atoms with van der Waals surface area (Å²) in [6, 6.07) is 1.13.